The lowest BCUT2D eigenvalue weighted by Gasteiger charge is -2.20. The van der Waals surface area contributed by atoms with Gasteiger partial charge >= 0.3 is 0 Å². The van der Waals surface area contributed by atoms with Crippen molar-refractivity contribution in [1.82, 2.24) is 9.55 Å². The number of carbonyl (C=O) groups excluding carboxylic acids is 1. The van der Waals surface area contributed by atoms with Crippen molar-refractivity contribution < 1.29 is 18.0 Å². The molecule has 1 aromatic heterocycles. The van der Waals surface area contributed by atoms with Gasteiger partial charge in [-0.2, -0.15) is 0 Å². The number of nitrogens with one attached hydrogen (secondary N) is 1. The molecule has 4 aromatic rings. The number of fused-ring (bicyclic) bond motifs is 2. The topological polar surface area (TPSA) is 46.9 Å². The zero-order valence-corrected chi connectivity index (χ0v) is 19.1. The van der Waals surface area contributed by atoms with Crippen LogP contribution in [0.3, 0.4) is 0 Å². The second-order valence-corrected chi connectivity index (χ2v) is 9.80. The minimum atomic E-state index is -0.887. The summed E-state index contributed by atoms with van der Waals surface area (Å²) in [6.45, 7) is 1.98. The van der Waals surface area contributed by atoms with Gasteiger partial charge in [-0.1, -0.05) is 31.2 Å². The Balaban J connectivity index is 1.08. The molecule has 0 bridgehead atoms. The number of hydrogen-bond donors (Lipinski definition) is 1. The molecule has 2 aliphatic rings. The average Bonchev–Trinajstić information content (AvgIpc) is 3.15. The van der Waals surface area contributed by atoms with Gasteiger partial charge in [0, 0.05) is 29.8 Å². The van der Waals surface area contributed by atoms with Crippen molar-refractivity contribution in [3.8, 4) is 11.1 Å². The van der Waals surface area contributed by atoms with E-state index in [1.165, 1.54) is 18.2 Å². The van der Waals surface area contributed by atoms with Crippen molar-refractivity contribution in [2.45, 2.75) is 25.8 Å². The summed E-state index contributed by atoms with van der Waals surface area (Å²) in [7, 11) is 0. The van der Waals surface area contributed by atoms with Crippen LogP contribution in [0, 0.1) is 41.1 Å². The zero-order valence-electron chi connectivity index (χ0n) is 19.1. The summed E-state index contributed by atoms with van der Waals surface area (Å²) in [4.78, 5) is 17.2. The summed E-state index contributed by atoms with van der Waals surface area (Å²) in [5, 5.41) is 3.02. The minimum Gasteiger partial charge on any atom is -0.327 e. The Morgan fingerprint density at radius 1 is 0.943 bits per heavy atom. The van der Waals surface area contributed by atoms with Crippen LogP contribution < -0.4 is 5.32 Å². The Kier molecular flexibility index (Phi) is 5.16. The third-order valence-corrected chi connectivity index (χ3v) is 7.82. The number of anilines is 1. The fourth-order valence-corrected chi connectivity index (χ4v) is 5.96. The maximum Gasteiger partial charge on any atom is 0.227 e. The van der Waals surface area contributed by atoms with Gasteiger partial charge in [-0.05, 0) is 66.0 Å². The van der Waals surface area contributed by atoms with Gasteiger partial charge in [0.2, 0.25) is 5.91 Å². The van der Waals surface area contributed by atoms with Gasteiger partial charge in [0.25, 0.3) is 0 Å². The van der Waals surface area contributed by atoms with E-state index < -0.39 is 11.6 Å². The number of halogens is 3. The number of benzene rings is 3. The molecule has 1 N–H and O–H groups in total. The first-order valence-electron chi connectivity index (χ1n) is 11.9. The Morgan fingerprint density at radius 3 is 2.20 bits per heavy atom. The Labute approximate surface area is 200 Å². The lowest BCUT2D eigenvalue weighted by Crippen LogP contribution is -2.24. The van der Waals surface area contributed by atoms with Crippen molar-refractivity contribution in [2.75, 3.05) is 5.32 Å². The van der Waals surface area contributed by atoms with Crippen LogP contribution in [0.4, 0.5) is 18.9 Å². The van der Waals surface area contributed by atoms with Crippen LogP contribution in [0.5, 0.6) is 0 Å². The van der Waals surface area contributed by atoms with Crippen molar-refractivity contribution in [1.29, 1.82) is 0 Å². The van der Waals surface area contributed by atoms with Crippen LogP contribution >= 0.6 is 0 Å². The highest BCUT2D eigenvalue weighted by atomic mass is 19.2. The first-order chi connectivity index (χ1) is 16.9. The Bertz CT molecular complexity index is 1400. The standard InChI is InChI=1S/C28H24F3N3O/c1-15(28(35)33-19-8-4-17(5-9-19)16-2-6-18(29)7-3-16)27-21-10-20(11-22(21)27)34-14-32-25-12-23(30)24(31)13-26(25)34/h2-9,12-15,20-22,27H,10-11H2,1H3,(H,33,35)/t15-,20-,21-,22+,27+/m0/s1. The van der Waals surface area contributed by atoms with Crippen LogP contribution in [0.2, 0.25) is 0 Å². The molecule has 178 valence electrons. The van der Waals surface area contributed by atoms with Gasteiger partial charge < -0.3 is 9.88 Å². The molecule has 0 unspecified atom stereocenters. The normalized spacial score (nSPS) is 23.8. The molecular formula is C28H24F3N3O. The molecule has 0 radical (unpaired) electrons. The smallest absolute Gasteiger partial charge is 0.227 e. The predicted molar refractivity (Wildman–Crippen MR) is 128 cm³/mol. The first kappa shape index (κ1) is 21.9. The minimum absolute atomic E-state index is 0.00103. The summed E-state index contributed by atoms with van der Waals surface area (Å²) < 4.78 is 42.4. The van der Waals surface area contributed by atoms with Crippen LogP contribution in [0.1, 0.15) is 25.8 Å². The largest absolute Gasteiger partial charge is 0.327 e. The van der Waals surface area contributed by atoms with E-state index in [0.717, 1.165) is 35.7 Å². The maximum atomic E-state index is 13.8. The molecule has 35 heavy (non-hydrogen) atoms. The molecule has 2 fully saturated rings. The molecule has 0 spiro atoms. The molecule has 4 nitrogen and oxygen atoms in total. The van der Waals surface area contributed by atoms with Gasteiger partial charge in [-0.3, -0.25) is 4.79 Å². The molecule has 1 heterocycles. The highest BCUT2D eigenvalue weighted by Gasteiger charge is 2.59. The zero-order chi connectivity index (χ0) is 24.3. The average molecular weight is 476 g/mol. The summed E-state index contributed by atoms with van der Waals surface area (Å²) in [6.07, 6.45) is 3.48. The summed E-state index contributed by atoms with van der Waals surface area (Å²) in [5.41, 5.74) is 3.67. The van der Waals surface area contributed by atoms with E-state index >= 15 is 0 Å². The monoisotopic (exact) mass is 475 g/mol. The van der Waals surface area contributed by atoms with Crippen molar-refractivity contribution in [3.63, 3.8) is 0 Å². The quantitative estimate of drug-likeness (QED) is 0.354. The number of imidazole rings is 1. The highest BCUT2D eigenvalue weighted by molar-refractivity contribution is 5.93. The van der Waals surface area contributed by atoms with Crippen LogP contribution in [-0.4, -0.2) is 15.5 Å². The van der Waals surface area contributed by atoms with Crippen LogP contribution in [0.15, 0.2) is 67.0 Å². The molecule has 5 atom stereocenters. The van der Waals surface area contributed by atoms with E-state index in [1.807, 2.05) is 35.8 Å². The van der Waals surface area contributed by atoms with Gasteiger partial charge in [-0.25, -0.2) is 18.2 Å². The number of rotatable bonds is 5. The number of nitrogens with zero attached hydrogens (tertiary/aromatic N) is 2. The van der Waals surface area contributed by atoms with E-state index in [0.29, 0.717) is 28.8 Å². The molecular weight excluding hydrogens is 451 g/mol. The molecule has 0 saturated heterocycles. The first-order valence-corrected chi connectivity index (χ1v) is 11.9. The van der Waals surface area contributed by atoms with E-state index in [2.05, 4.69) is 10.3 Å². The van der Waals surface area contributed by atoms with Crippen molar-refractivity contribution in [3.05, 3.63) is 84.4 Å². The third-order valence-electron chi connectivity index (χ3n) is 7.82. The fraction of sp³-hybridized carbons (Fsp3) is 0.286. The van der Waals surface area contributed by atoms with Gasteiger partial charge in [-0.15, -0.1) is 0 Å². The lowest BCUT2D eigenvalue weighted by atomic mass is 9.96. The second kappa shape index (κ2) is 8.26. The molecule has 6 rings (SSSR count). The Hall–Kier alpha value is -3.61. The molecule has 7 heteroatoms. The van der Waals surface area contributed by atoms with E-state index in [1.54, 1.807) is 18.5 Å². The molecule has 2 aliphatic carbocycles. The summed E-state index contributed by atoms with van der Waals surface area (Å²) in [6, 6.07) is 16.4. The van der Waals surface area contributed by atoms with Gasteiger partial charge in [0.1, 0.15) is 5.82 Å². The predicted octanol–water partition coefficient (Wildman–Crippen LogP) is 6.59. The number of hydrogen-bond acceptors (Lipinski definition) is 2. The van der Waals surface area contributed by atoms with Crippen LogP contribution in [0.25, 0.3) is 22.2 Å². The van der Waals surface area contributed by atoms with Crippen molar-refractivity contribution in [2.24, 2.45) is 23.7 Å². The maximum absolute atomic E-state index is 13.8. The van der Waals surface area contributed by atoms with E-state index in [9.17, 15) is 18.0 Å². The van der Waals surface area contributed by atoms with Crippen LogP contribution in [-0.2, 0) is 4.79 Å². The molecule has 0 aliphatic heterocycles. The molecule has 2 saturated carbocycles. The molecule has 1 amide bonds. The number of amides is 1. The van der Waals surface area contributed by atoms with E-state index in [-0.39, 0.29) is 23.7 Å². The van der Waals surface area contributed by atoms with Gasteiger partial charge in [0.05, 0.1) is 17.4 Å². The highest BCUT2D eigenvalue weighted by Crippen LogP contribution is 2.64. The summed E-state index contributed by atoms with van der Waals surface area (Å²) in [5.74, 6) is -0.916. The van der Waals surface area contributed by atoms with Crippen molar-refractivity contribution >= 4 is 22.6 Å². The lowest BCUT2D eigenvalue weighted by molar-refractivity contribution is -0.120. The molecule has 3 aromatic carbocycles. The number of carbonyl (C=O) groups is 1. The second-order valence-electron chi connectivity index (χ2n) is 9.80. The SMILES string of the molecule is C[C@H](C(=O)Nc1ccc(-c2ccc(F)cc2)cc1)[C@H]1[C@@H]2C[C@@H](n3cnc4cc(F)c(F)cc43)C[C@@H]21. The summed E-state index contributed by atoms with van der Waals surface area (Å²) >= 11 is 0. The fourth-order valence-electron chi connectivity index (χ4n) is 5.96. The Morgan fingerprint density at radius 2 is 1.54 bits per heavy atom. The van der Waals surface area contributed by atoms with Gasteiger partial charge in [0.15, 0.2) is 11.6 Å². The number of aromatic nitrogens is 2. The third kappa shape index (κ3) is 3.89. The van der Waals surface area contributed by atoms with E-state index in [4.69, 9.17) is 0 Å².